The molecule has 1 unspecified atom stereocenters. The minimum Gasteiger partial charge on any atom is -0.366 e. The largest absolute Gasteiger partial charge is 0.366 e. The van der Waals surface area contributed by atoms with Gasteiger partial charge in [0.25, 0.3) is 0 Å². The van der Waals surface area contributed by atoms with E-state index in [0.717, 1.165) is 43.1 Å². The average Bonchev–Trinajstić information content (AvgIpc) is 2.87. The third kappa shape index (κ3) is 4.58. The van der Waals surface area contributed by atoms with E-state index in [0.29, 0.717) is 12.2 Å². The number of nitrogens with zero attached hydrogens (tertiary/aromatic N) is 3. The topological polar surface area (TPSA) is 75.2 Å². The summed E-state index contributed by atoms with van der Waals surface area (Å²) >= 11 is 0. The molecule has 0 radical (unpaired) electrons. The van der Waals surface area contributed by atoms with E-state index in [1.54, 1.807) is 0 Å². The van der Waals surface area contributed by atoms with Gasteiger partial charge >= 0.3 is 0 Å². The number of benzene rings is 1. The van der Waals surface area contributed by atoms with Gasteiger partial charge in [-0.3, -0.25) is 0 Å². The Morgan fingerprint density at radius 1 is 1.00 bits per heavy atom. The van der Waals surface area contributed by atoms with Gasteiger partial charge in [0.05, 0.1) is 17.2 Å². The minimum atomic E-state index is -2.93. The maximum Gasteiger partial charge on any atom is 0.227 e. The molecule has 0 aliphatic carbocycles. The number of rotatable bonds is 4. The number of anilines is 2. The smallest absolute Gasteiger partial charge is 0.227 e. The summed E-state index contributed by atoms with van der Waals surface area (Å²) in [6.07, 6.45) is 5.44. The first-order chi connectivity index (χ1) is 13.1. The highest BCUT2D eigenvalue weighted by molar-refractivity contribution is 7.91. The zero-order valence-corrected chi connectivity index (χ0v) is 16.3. The van der Waals surface area contributed by atoms with Crippen LogP contribution in [0.1, 0.15) is 32.1 Å². The highest BCUT2D eigenvalue weighted by Gasteiger charge is 2.28. The second-order valence-corrected chi connectivity index (χ2v) is 9.68. The third-order valence-corrected chi connectivity index (χ3v) is 7.03. The molecular weight excluding hydrogens is 360 g/mol. The molecule has 2 fully saturated rings. The molecule has 2 aromatic rings. The zero-order valence-electron chi connectivity index (χ0n) is 15.5. The van der Waals surface area contributed by atoms with E-state index in [9.17, 15) is 8.42 Å². The van der Waals surface area contributed by atoms with Crippen LogP contribution < -0.4 is 10.2 Å². The fourth-order valence-corrected chi connectivity index (χ4v) is 5.47. The second kappa shape index (κ2) is 7.84. The summed E-state index contributed by atoms with van der Waals surface area (Å²) in [5, 5.41) is 3.34. The molecule has 2 saturated heterocycles. The lowest BCUT2D eigenvalue weighted by molar-refractivity contribution is 0.602. The standard InChI is InChI=1S/C20H26N4O2S/c25-27(26)13-10-17(15-27)21-19-14-18(16-8-4-3-5-9-16)22-20(23-19)24-11-6-1-2-7-12-24/h3-5,8-9,14,17H,1-2,6-7,10-13,15H2,(H,21,22,23). The van der Waals surface area contributed by atoms with E-state index in [-0.39, 0.29) is 17.5 Å². The molecule has 1 aromatic carbocycles. The van der Waals surface area contributed by atoms with Crippen LogP contribution in [0, 0.1) is 0 Å². The first-order valence-corrected chi connectivity index (χ1v) is 11.6. The average molecular weight is 387 g/mol. The Hall–Kier alpha value is -2.15. The van der Waals surface area contributed by atoms with Gasteiger partial charge in [-0.2, -0.15) is 4.98 Å². The molecule has 3 heterocycles. The van der Waals surface area contributed by atoms with Gasteiger partial charge in [-0.1, -0.05) is 43.2 Å². The first-order valence-electron chi connectivity index (χ1n) is 9.75. The first kappa shape index (κ1) is 18.2. The molecule has 2 aliphatic rings. The summed E-state index contributed by atoms with van der Waals surface area (Å²) in [7, 11) is -2.93. The van der Waals surface area contributed by atoms with E-state index in [1.807, 2.05) is 36.4 Å². The van der Waals surface area contributed by atoms with E-state index >= 15 is 0 Å². The number of aromatic nitrogens is 2. The van der Waals surface area contributed by atoms with Crippen LogP contribution in [0.3, 0.4) is 0 Å². The summed E-state index contributed by atoms with van der Waals surface area (Å²) in [5.41, 5.74) is 1.91. The molecule has 27 heavy (non-hydrogen) atoms. The molecule has 1 atom stereocenters. The van der Waals surface area contributed by atoms with Crippen molar-refractivity contribution in [1.29, 1.82) is 0 Å². The van der Waals surface area contributed by atoms with Gasteiger partial charge in [0, 0.05) is 30.8 Å². The zero-order chi connectivity index (χ0) is 18.7. The van der Waals surface area contributed by atoms with Gasteiger partial charge in [0.2, 0.25) is 5.95 Å². The summed E-state index contributed by atoms with van der Waals surface area (Å²) in [5.74, 6) is 1.88. The van der Waals surface area contributed by atoms with Crippen LogP contribution in [-0.2, 0) is 9.84 Å². The van der Waals surface area contributed by atoms with Crippen molar-refractivity contribution in [2.75, 3.05) is 34.8 Å². The Kier molecular flexibility index (Phi) is 5.29. The van der Waals surface area contributed by atoms with Crippen molar-refractivity contribution < 1.29 is 8.42 Å². The minimum absolute atomic E-state index is 0.0782. The predicted molar refractivity (Wildman–Crippen MR) is 109 cm³/mol. The maximum atomic E-state index is 11.8. The summed E-state index contributed by atoms with van der Waals surface area (Å²) < 4.78 is 23.6. The Balaban J connectivity index is 1.66. The maximum absolute atomic E-state index is 11.8. The number of sulfone groups is 1. The number of nitrogens with one attached hydrogen (secondary N) is 1. The Morgan fingerprint density at radius 3 is 2.41 bits per heavy atom. The van der Waals surface area contributed by atoms with Gasteiger partial charge in [-0.15, -0.1) is 0 Å². The highest BCUT2D eigenvalue weighted by Crippen LogP contribution is 2.26. The van der Waals surface area contributed by atoms with Crippen molar-refractivity contribution >= 4 is 21.6 Å². The van der Waals surface area contributed by atoms with Crippen LogP contribution in [0.5, 0.6) is 0 Å². The molecule has 0 saturated carbocycles. The van der Waals surface area contributed by atoms with Gasteiger partial charge in [0.1, 0.15) is 5.82 Å². The molecule has 2 aliphatic heterocycles. The van der Waals surface area contributed by atoms with Crippen LogP contribution in [0.15, 0.2) is 36.4 Å². The monoisotopic (exact) mass is 386 g/mol. The Morgan fingerprint density at radius 2 is 1.74 bits per heavy atom. The van der Waals surface area contributed by atoms with Crippen molar-refractivity contribution in [2.45, 2.75) is 38.1 Å². The molecular formula is C20H26N4O2S. The lowest BCUT2D eigenvalue weighted by Crippen LogP contribution is -2.27. The van der Waals surface area contributed by atoms with Crippen molar-refractivity contribution in [3.8, 4) is 11.3 Å². The molecule has 144 valence electrons. The van der Waals surface area contributed by atoms with Crippen molar-refractivity contribution in [3.05, 3.63) is 36.4 Å². The van der Waals surface area contributed by atoms with E-state index in [4.69, 9.17) is 9.97 Å². The van der Waals surface area contributed by atoms with E-state index in [1.165, 1.54) is 12.8 Å². The summed E-state index contributed by atoms with van der Waals surface area (Å²) in [6, 6.07) is 11.9. The predicted octanol–water partition coefficient (Wildman–Crippen LogP) is 3.12. The molecule has 0 spiro atoms. The molecule has 4 rings (SSSR count). The van der Waals surface area contributed by atoms with Crippen LogP contribution in [0.25, 0.3) is 11.3 Å². The van der Waals surface area contributed by atoms with Gasteiger partial charge in [0.15, 0.2) is 9.84 Å². The van der Waals surface area contributed by atoms with Crippen LogP contribution in [0.4, 0.5) is 11.8 Å². The lowest BCUT2D eigenvalue weighted by Gasteiger charge is -2.22. The quantitative estimate of drug-likeness (QED) is 0.870. The van der Waals surface area contributed by atoms with Crippen LogP contribution in [0.2, 0.25) is 0 Å². The highest BCUT2D eigenvalue weighted by atomic mass is 32.2. The molecule has 6 nitrogen and oxygen atoms in total. The van der Waals surface area contributed by atoms with Gasteiger partial charge in [-0.05, 0) is 19.3 Å². The number of hydrogen-bond acceptors (Lipinski definition) is 6. The molecule has 7 heteroatoms. The Labute approximate surface area is 161 Å². The van der Waals surface area contributed by atoms with Crippen molar-refractivity contribution in [2.24, 2.45) is 0 Å². The van der Waals surface area contributed by atoms with E-state index < -0.39 is 9.84 Å². The third-order valence-electron chi connectivity index (χ3n) is 5.26. The van der Waals surface area contributed by atoms with Crippen LogP contribution >= 0.6 is 0 Å². The van der Waals surface area contributed by atoms with Gasteiger partial charge in [-0.25, -0.2) is 13.4 Å². The Bertz CT molecular complexity index is 878. The lowest BCUT2D eigenvalue weighted by atomic mass is 10.1. The molecule has 0 amide bonds. The van der Waals surface area contributed by atoms with Crippen LogP contribution in [-0.4, -0.2) is 49.0 Å². The molecule has 1 N–H and O–H groups in total. The second-order valence-electron chi connectivity index (χ2n) is 7.45. The fourth-order valence-electron chi connectivity index (χ4n) is 3.80. The summed E-state index contributed by atoms with van der Waals surface area (Å²) in [4.78, 5) is 11.8. The summed E-state index contributed by atoms with van der Waals surface area (Å²) in [6.45, 7) is 1.94. The fraction of sp³-hybridized carbons (Fsp3) is 0.500. The van der Waals surface area contributed by atoms with Crippen molar-refractivity contribution in [3.63, 3.8) is 0 Å². The molecule has 0 bridgehead atoms. The molecule has 1 aromatic heterocycles. The van der Waals surface area contributed by atoms with E-state index in [2.05, 4.69) is 10.2 Å². The number of hydrogen-bond donors (Lipinski definition) is 1. The van der Waals surface area contributed by atoms with Crippen molar-refractivity contribution in [1.82, 2.24) is 9.97 Å². The SMILES string of the molecule is O=S1(=O)CCC(Nc2cc(-c3ccccc3)nc(N3CCCCCC3)n2)C1. The normalized spacial score (nSPS) is 22.4. The van der Waals surface area contributed by atoms with Gasteiger partial charge < -0.3 is 10.2 Å².